The molecule has 10 heavy (non-hydrogen) atoms. The molecule has 0 N–H and O–H groups in total. The normalized spacial score (nSPS) is 8.70. The maximum atomic E-state index is 10.1. The van der Waals surface area contributed by atoms with Crippen LogP contribution in [0.1, 0.15) is 10.5 Å². The van der Waals surface area contributed by atoms with Gasteiger partial charge in [0.2, 0.25) is 0 Å². The molecule has 0 amide bonds. The topological polar surface area (TPSA) is 34.9 Å². The molecule has 0 bridgehead atoms. The highest BCUT2D eigenvalue weighted by Crippen LogP contribution is 1.89. The quantitative estimate of drug-likeness (QED) is 0.431. The van der Waals surface area contributed by atoms with E-state index in [4.69, 9.17) is 6.42 Å². The Kier molecular flexibility index (Phi) is 1.86. The summed E-state index contributed by atoms with van der Waals surface area (Å²) < 4.78 is 1.53. The first kappa shape index (κ1) is 6.56. The standard InChI is InChI=1S/C7H6N2O/c1-2-4-9-5-3-7(6-10)8-9/h1,3,5-6H,4H2. The number of carbonyl (C=O) groups excluding carboxylic acids is 1. The van der Waals surface area contributed by atoms with Crippen LogP contribution in [0.25, 0.3) is 0 Å². The largest absolute Gasteiger partial charge is 0.296 e. The summed E-state index contributed by atoms with van der Waals surface area (Å²) >= 11 is 0. The van der Waals surface area contributed by atoms with E-state index in [1.54, 1.807) is 12.3 Å². The van der Waals surface area contributed by atoms with Gasteiger partial charge in [-0.05, 0) is 6.07 Å². The fourth-order valence-corrected chi connectivity index (χ4v) is 0.622. The highest BCUT2D eigenvalue weighted by Gasteiger charge is 1.92. The minimum absolute atomic E-state index is 0.411. The molecule has 0 fully saturated rings. The van der Waals surface area contributed by atoms with E-state index < -0.39 is 0 Å². The molecule has 50 valence electrons. The SMILES string of the molecule is C#CCn1ccc(C=O)n1. The molecule has 3 nitrogen and oxygen atoms in total. The van der Waals surface area contributed by atoms with Gasteiger partial charge in [0.1, 0.15) is 12.2 Å². The molecule has 1 heterocycles. The summed E-state index contributed by atoms with van der Waals surface area (Å²) in [5, 5.41) is 3.82. The summed E-state index contributed by atoms with van der Waals surface area (Å²) in [5.41, 5.74) is 0.412. The maximum absolute atomic E-state index is 10.1. The zero-order valence-electron chi connectivity index (χ0n) is 5.32. The van der Waals surface area contributed by atoms with E-state index in [9.17, 15) is 4.79 Å². The van der Waals surface area contributed by atoms with E-state index in [1.807, 2.05) is 0 Å². The van der Waals surface area contributed by atoms with Crippen LogP contribution in [-0.4, -0.2) is 16.1 Å². The third-order valence-electron chi connectivity index (χ3n) is 1.04. The van der Waals surface area contributed by atoms with Crippen molar-refractivity contribution in [2.75, 3.05) is 0 Å². The van der Waals surface area contributed by atoms with Gasteiger partial charge in [0.05, 0.1) is 0 Å². The summed E-state index contributed by atoms with van der Waals surface area (Å²) in [6, 6.07) is 1.62. The lowest BCUT2D eigenvalue weighted by Gasteiger charge is -1.88. The first-order chi connectivity index (χ1) is 4.86. The van der Waals surface area contributed by atoms with Crippen molar-refractivity contribution in [1.82, 2.24) is 9.78 Å². The highest BCUT2D eigenvalue weighted by atomic mass is 16.1. The Morgan fingerprint density at radius 1 is 1.90 bits per heavy atom. The van der Waals surface area contributed by atoms with E-state index in [0.29, 0.717) is 18.5 Å². The van der Waals surface area contributed by atoms with Crippen molar-refractivity contribution in [3.05, 3.63) is 18.0 Å². The third-order valence-corrected chi connectivity index (χ3v) is 1.04. The summed E-state index contributed by atoms with van der Waals surface area (Å²) in [4.78, 5) is 10.1. The van der Waals surface area contributed by atoms with Crippen LogP contribution in [0.15, 0.2) is 12.3 Å². The monoisotopic (exact) mass is 134 g/mol. The van der Waals surface area contributed by atoms with Crippen molar-refractivity contribution in [2.24, 2.45) is 0 Å². The summed E-state index contributed by atoms with van der Waals surface area (Å²) in [7, 11) is 0. The number of nitrogens with zero attached hydrogens (tertiary/aromatic N) is 2. The van der Waals surface area contributed by atoms with Crippen LogP contribution < -0.4 is 0 Å². The van der Waals surface area contributed by atoms with Crippen molar-refractivity contribution >= 4 is 6.29 Å². The molecule has 0 atom stereocenters. The Balaban J connectivity index is 2.80. The lowest BCUT2D eigenvalue weighted by Crippen LogP contribution is -1.96. The second-order valence-corrected chi connectivity index (χ2v) is 1.76. The van der Waals surface area contributed by atoms with Crippen LogP contribution in [0.5, 0.6) is 0 Å². The minimum Gasteiger partial charge on any atom is -0.296 e. The van der Waals surface area contributed by atoms with Crippen LogP contribution in [0.2, 0.25) is 0 Å². The molecular weight excluding hydrogens is 128 g/mol. The Labute approximate surface area is 58.7 Å². The van der Waals surface area contributed by atoms with Gasteiger partial charge in [-0.2, -0.15) is 5.10 Å². The van der Waals surface area contributed by atoms with Gasteiger partial charge >= 0.3 is 0 Å². The van der Waals surface area contributed by atoms with Crippen molar-refractivity contribution in [3.8, 4) is 12.3 Å². The van der Waals surface area contributed by atoms with Crippen LogP contribution in [0, 0.1) is 12.3 Å². The van der Waals surface area contributed by atoms with Crippen molar-refractivity contribution in [3.63, 3.8) is 0 Å². The minimum atomic E-state index is 0.411. The Morgan fingerprint density at radius 2 is 2.70 bits per heavy atom. The first-order valence-electron chi connectivity index (χ1n) is 2.79. The fraction of sp³-hybridized carbons (Fsp3) is 0.143. The van der Waals surface area contributed by atoms with Gasteiger partial charge in [-0.3, -0.25) is 9.48 Å². The first-order valence-corrected chi connectivity index (χ1v) is 2.79. The van der Waals surface area contributed by atoms with Crippen LogP contribution >= 0.6 is 0 Å². The lowest BCUT2D eigenvalue weighted by molar-refractivity contribution is 0.111. The summed E-state index contributed by atoms with van der Waals surface area (Å²) in [5.74, 6) is 2.41. The molecule has 0 aliphatic heterocycles. The zero-order chi connectivity index (χ0) is 7.40. The summed E-state index contributed by atoms with van der Waals surface area (Å²) in [6.45, 7) is 0.411. The van der Waals surface area contributed by atoms with E-state index >= 15 is 0 Å². The van der Waals surface area contributed by atoms with Gasteiger partial charge in [0.15, 0.2) is 6.29 Å². The van der Waals surface area contributed by atoms with Crippen molar-refractivity contribution in [1.29, 1.82) is 0 Å². The van der Waals surface area contributed by atoms with Gasteiger partial charge < -0.3 is 0 Å². The molecule has 0 unspecified atom stereocenters. The van der Waals surface area contributed by atoms with Gasteiger partial charge in [0.25, 0.3) is 0 Å². The lowest BCUT2D eigenvalue weighted by atomic mass is 10.5. The number of rotatable bonds is 2. The highest BCUT2D eigenvalue weighted by molar-refractivity contribution is 5.71. The van der Waals surface area contributed by atoms with E-state index in [-0.39, 0.29) is 0 Å². The molecule has 0 saturated heterocycles. The molecule has 0 aliphatic rings. The van der Waals surface area contributed by atoms with Crippen molar-refractivity contribution < 1.29 is 4.79 Å². The van der Waals surface area contributed by atoms with Crippen LogP contribution in [-0.2, 0) is 6.54 Å². The molecule has 1 aromatic heterocycles. The van der Waals surface area contributed by atoms with Gasteiger partial charge in [-0.15, -0.1) is 6.42 Å². The third kappa shape index (κ3) is 1.23. The molecule has 3 heteroatoms. The number of carbonyl (C=O) groups is 1. The maximum Gasteiger partial charge on any atom is 0.170 e. The molecule has 1 aromatic rings. The second kappa shape index (κ2) is 2.83. The molecule has 0 saturated carbocycles. The smallest absolute Gasteiger partial charge is 0.170 e. The van der Waals surface area contributed by atoms with Gasteiger partial charge in [0, 0.05) is 6.20 Å². The number of terminal acetylenes is 1. The molecule has 0 aliphatic carbocycles. The van der Waals surface area contributed by atoms with Crippen LogP contribution in [0.4, 0.5) is 0 Å². The van der Waals surface area contributed by atoms with Crippen molar-refractivity contribution in [2.45, 2.75) is 6.54 Å². The second-order valence-electron chi connectivity index (χ2n) is 1.76. The molecular formula is C7H6N2O. The van der Waals surface area contributed by atoms with Gasteiger partial charge in [-0.25, -0.2) is 0 Å². The van der Waals surface area contributed by atoms with E-state index in [1.165, 1.54) is 4.68 Å². The predicted molar refractivity (Wildman–Crippen MR) is 36.4 cm³/mol. The molecule has 0 aromatic carbocycles. The summed E-state index contributed by atoms with van der Waals surface area (Å²) in [6.07, 6.45) is 7.37. The predicted octanol–water partition coefficient (Wildman–Crippen LogP) is 0.329. The fourth-order valence-electron chi connectivity index (χ4n) is 0.622. The Bertz CT molecular complexity index is 269. The Hall–Kier alpha value is -1.56. The average Bonchev–Trinajstić information content (AvgIpc) is 2.37. The zero-order valence-corrected chi connectivity index (χ0v) is 5.32. The number of aldehydes is 1. The molecule has 0 radical (unpaired) electrons. The van der Waals surface area contributed by atoms with Crippen LogP contribution in [0.3, 0.4) is 0 Å². The van der Waals surface area contributed by atoms with E-state index in [2.05, 4.69) is 11.0 Å². The average molecular weight is 134 g/mol. The Morgan fingerprint density at radius 3 is 3.20 bits per heavy atom. The molecule has 0 spiro atoms. The van der Waals surface area contributed by atoms with E-state index in [0.717, 1.165) is 0 Å². The number of hydrogen-bond donors (Lipinski definition) is 0. The molecule has 1 rings (SSSR count). The number of aromatic nitrogens is 2. The van der Waals surface area contributed by atoms with Gasteiger partial charge in [-0.1, -0.05) is 5.92 Å². The number of hydrogen-bond acceptors (Lipinski definition) is 2.